The Kier molecular flexibility index (Phi) is 7.48. The van der Waals surface area contributed by atoms with Crippen molar-refractivity contribution in [1.29, 1.82) is 0 Å². The molecule has 1 amide bonds. The van der Waals surface area contributed by atoms with Gasteiger partial charge in [0.15, 0.2) is 0 Å². The van der Waals surface area contributed by atoms with Crippen molar-refractivity contribution in [3.63, 3.8) is 0 Å². The summed E-state index contributed by atoms with van der Waals surface area (Å²) in [5, 5.41) is 6.89. The van der Waals surface area contributed by atoms with Crippen LogP contribution in [-0.2, 0) is 9.59 Å². The first-order valence-corrected chi connectivity index (χ1v) is 9.27. The number of nitrogens with zero attached hydrogens (tertiary/aromatic N) is 6. The highest BCUT2D eigenvalue weighted by atomic mass is 16.3. The maximum Gasteiger partial charge on any atom is 0.290 e. The van der Waals surface area contributed by atoms with Gasteiger partial charge >= 0.3 is 0 Å². The molecule has 3 heterocycles. The molecule has 3 rings (SSSR count). The van der Waals surface area contributed by atoms with Crippen molar-refractivity contribution in [2.75, 3.05) is 31.1 Å². The van der Waals surface area contributed by atoms with Crippen LogP contribution in [0.1, 0.15) is 36.5 Å². The SMILES string of the molecule is Cc1ncnc(N2CCN(C(=O)CC(C)n3ccnc3C)CC2)c1C.O=CO. The standard InChI is InChI=1S/C18H26N6O.CH2O2/c1-13(24-6-5-19-16(24)4)11-17(25)22-7-9-23(10-8-22)18-14(2)15(3)20-12-21-18;2-1-3/h5-6,12-13H,7-11H2,1-4H3;1H,(H,2,3). The van der Waals surface area contributed by atoms with Crippen LogP contribution in [0.15, 0.2) is 18.7 Å². The Hall–Kier alpha value is -2.97. The number of aryl methyl sites for hydroxylation is 2. The third kappa shape index (κ3) is 5.05. The van der Waals surface area contributed by atoms with Gasteiger partial charge in [-0.05, 0) is 27.7 Å². The molecule has 1 aliphatic rings. The van der Waals surface area contributed by atoms with Gasteiger partial charge < -0.3 is 19.5 Å². The Morgan fingerprint density at radius 3 is 2.39 bits per heavy atom. The number of imidazole rings is 1. The van der Waals surface area contributed by atoms with E-state index in [1.807, 2.05) is 24.9 Å². The molecule has 0 aromatic carbocycles. The molecule has 0 saturated carbocycles. The zero-order chi connectivity index (χ0) is 20.7. The van der Waals surface area contributed by atoms with E-state index in [-0.39, 0.29) is 18.4 Å². The van der Waals surface area contributed by atoms with Gasteiger partial charge in [-0.3, -0.25) is 9.59 Å². The molecule has 1 atom stereocenters. The summed E-state index contributed by atoms with van der Waals surface area (Å²) in [5.74, 6) is 2.14. The molecular formula is C19H28N6O3. The number of carbonyl (C=O) groups is 2. The van der Waals surface area contributed by atoms with Crippen molar-refractivity contribution in [3.05, 3.63) is 35.8 Å². The second-order valence-electron chi connectivity index (χ2n) is 6.82. The molecule has 2 aromatic heterocycles. The number of hydrogen-bond donors (Lipinski definition) is 1. The van der Waals surface area contributed by atoms with Gasteiger partial charge in [0.05, 0.1) is 0 Å². The summed E-state index contributed by atoms with van der Waals surface area (Å²) in [6.45, 7) is 10.9. The fourth-order valence-corrected chi connectivity index (χ4v) is 3.35. The summed E-state index contributed by atoms with van der Waals surface area (Å²) >= 11 is 0. The Morgan fingerprint density at radius 2 is 1.82 bits per heavy atom. The fraction of sp³-hybridized carbons (Fsp3) is 0.526. The molecule has 28 heavy (non-hydrogen) atoms. The monoisotopic (exact) mass is 388 g/mol. The Labute approximate surface area is 165 Å². The quantitative estimate of drug-likeness (QED) is 0.793. The average Bonchev–Trinajstić information content (AvgIpc) is 3.11. The van der Waals surface area contributed by atoms with Crippen molar-refractivity contribution < 1.29 is 14.7 Å². The molecule has 2 aromatic rings. The van der Waals surface area contributed by atoms with Gasteiger partial charge in [0.25, 0.3) is 6.47 Å². The smallest absolute Gasteiger partial charge is 0.290 e. The summed E-state index contributed by atoms with van der Waals surface area (Å²) in [7, 11) is 0. The maximum atomic E-state index is 12.6. The van der Waals surface area contributed by atoms with Gasteiger partial charge in [-0.2, -0.15) is 0 Å². The lowest BCUT2D eigenvalue weighted by Gasteiger charge is -2.36. The highest BCUT2D eigenvalue weighted by molar-refractivity contribution is 5.77. The summed E-state index contributed by atoms with van der Waals surface area (Å²) in [5.41, 5.74) is 2.12. The van der Waals surface area contributed by atoms with Crippen LogP contribution >= 0.6 is 0 Å². The number of carboxylic acid groups (broad SMARTS) is 1. The average molecular weight is 388 g/mol. The van der Waals surface area contributed by atoms with Crippen LogP contribution < -0.4 is 4.90 Å². The summed E-state index contributed by atoms with van der Waals surface area (Å²) < 4.78 is 2.06. The lowest BCUT2D eigenvalue weighted by Crippen LogP contribution is -2.49. The molecule has 0 spiro atoms. The zero-order valence-corrected chi connectivity index (χ0v) is 16.9. The largest absolute Gasteiger partial charge is 0.483 e. The molecule has 0 aliphatic carbocycles. The Bertz CT molecular complexity index is 799. The highest BCUT2D eigenvalue weighted by Gasteiger charge is 2.24. The molecule has 1 unspecified atom stereocenters. The lowest BCUT2D eigenvalue weighted by molar-refractivity contribution is -0.132. The lowest BCUT2D eigenvalue weighted by atomic mass is 10.1. The first-order valence-electron chi connectivity index (χ1n) is 9.27. The predicted molar refractivity (Wildman–Crippen MR) is 105 cm³/mol. The zero-order valence-electron chi connectivity index (χ0n) is 16.9. The number of anilines is 1. The molecule has 152 valence electrons. The molecule has 9 heteroatoms. The molecule has 1 fully saturated rings. The highest BCUT2D eigenvalue weighted by Crippen LogP contribution is 2.21. The van der Waals surface area contributed by atoms with Gasteiger partial charge in [0.2, 0.25) is 5.91 Å². The minimum absolute atomic E-state index is 0.125. The van der Waals surface area contributed by atoms with Crippen molar-refractivity contribution >= 4 is 18.2 Å². The molecule has 1 saturated heterocycles. The van der Waals surface area contributed by atoms with Gasteiger partial charge in [0, 0.05) is 62.3 Å². The van der Waals surface area contributed by atoms with Crippen molar-refractivity contribution in [3.8, 4) is 0 Å². The second kappa shape index (κ2) is 9.82. The number of hydrogen-bond acceptors (Lipinski definition) is 6. The number of piperazine rings is 1. The van der Waals surface area contributed by atoms with Crippen LogP contribution in [-0.4, -0.2) is 68.1 Å². The van der Waals surface area contributed by atoms with E-state index in [1.165, 1.54) is 0 Å². The van der Waals surface area contributed by atoms with Crippen molar-refractivity contribution in [2.45, 2.75) is 40.2 Å². The van der Waals surface area contributed by atoms with Crippen LogP contribution in [0, 0.1) is 20.8 Å². The van der Waals surface area contributed by atoms with Crippen molar-refractivity contribution in [1.82, 2.24) is 24.4 Å². The number of rotatable bonds is 4. The van der Waals surface area contributed by atoms with E-state index in [1.54, 1.807) is 12.5 Å². The van der Waals surface area contributed by atoms with Gasteiger partial charge in [-0.15, -0.1) is 0 Å². The van der Waals surface area contributed by atoms with Crippen LogP contribution in [0.2, 0.25) is 0 Å². The number of aromatic nitrogens is 4. The Morgan fingerprint density at radius 1 is 1.18 bits per heavy atom. The van der Waals surface area contributed by atoms with E-state index >= 15 is 0 Å². The van der Waals surface area contributed by atoms with Crippen LogP contribution in [0.3, 0.4) is 0 Å². The number of carbonyl (C=O) groups excluding carboxylic acids is 1. The van der Waals surface area contributed by atoms with Crippen LogP contribution in [0.4, 0.5) is 5.82 Å². The van der Waals surface area contributed by atoms with E-state index in [9.17, 15) is 4.79 Å². The normalized spacial score (nSPS) is 14.9. The molecule has 0 bridgehead atoms. The van der Waals surface area contributed by atoms with E-state index in [0.717, 1.165) is 49.1 Å². The minimum Gasteiger partial charge on any atom is -0.483 e. The number of amides is 1. The third-order valence-electron chi connectivity index (χ3n) is 5.05. The predicted octanol–water partition coefficient (Wildman–Crippen LogP) is 1.60. The first kappa shape index (κ1) is 21.3. The van der Waals surface area contributed by atoms with E-state index in [2.05, 4.69) is 38.3 Å². The maximum absolute atomic E-state index is 12.6. The summed E-state index contributed by atoms with van der Waals surface area (Å²) in [6, 6.07) is 0.125. The van der Waals surface area contributed by atoms with Gasteiger partial charge in [0.1, 0.15) is 18.0 Å². The molecule has 9 nitrogen and oxygen atoms in total. The van der Waals surface area contributed by atoms with Gasteiger partial charge in [-0.25, -0.2) is 15.0 Å². The van der Waals surface area contributed by atoms with E-state index in [0.29, 0.717) is 6.42 Å². The topological polar surface area (TPSA) is 104 Å². The van der Waals surface area contributed by atoms with Crippen molar-refractivity contribution in [2.24, 2.45) is 0 Å². The second-order valence-corrected chi connectivity index (χ2v) is 6.82. The van der Waals surface area contributed by atoms with Gasteiger partial charge in [-0.1, -0.05) is 0 Å². The third-order valence-corrected chi connectivity index (χ3v) is 5.05. The molecule has 1 N–H and O–H groups in total. The molecule has 0 radical (unpaired) electrons. The minimum atomic E-state index is -0.250. The molecule has 1 aliphatic heterocycles. The Balaban J connectivity index is 0.000000878. The fourth-order valence-electron chi connectivity index (χ4n) is 3.35. The van der Waals surface area contributed by atoms with Crippen LogP contribution in [0.5, 0.6) is 0 Å². The first-order chi connectivity index (χ1) is 13.4. The molecular weight excluding hydrogens is 360 g/mol. The van der Waals surface area contributed by atoms with E-state index < -0.39 is 0 Å². The summed E-state index contributed by atoms with van der Waals surface area (Å²) in [6.07, 6.45) is 5.83. The summed E-state index contributed by atoms with van der Waals surface area (Å²) in [4.78, 5) is 38.1. The van der Waals surface area contributed by atoms with Crippen LogP contribution in [0.25, 0.3) is 0 Å². The van der Waals surface area contributed by atoms with E-state index in [4.69, 9.17) is 9.90 Å².